The molecule has 1 atom stereocenters. The molecule has 0 saturated carbocycles. The summed E-state index contributed by atoms with van der Waals surface area (Å²) in [6, 6.07) is 5.43. The number of nitrogens with zero attached hydrogens (tertiary/aromatic N) is 1. The maximum Gasteiger partial charge on any atom is 0.338 e. The molecule has 6 heteroatoms. The van der Waals surface area contributed by atoms with E-state index in [2.05, 4.69) is 11.9 Å². The predicted molar refractivity (Wildman–Crippen MR) is 92.7 cm³/mol. The Kier molecular flexibility index (Phi) is 4.87. The van der Waals surface area contributed by atoms with E-state index in [1.165, 1.54) is 7.11 Å². The Morgan fingerprint density at radius 3 is 2.88 bits per heavy atom. The van der Waals surface area contributed by atoms with Crippen LogP contribution in [0.3, 0.4) is 0 Å². The van der Waals surface area contributed by atoms with Gasteiger partial charge in [-0.25, -0.2) is 9.78 Å². The zero-order valence-electron chi connectivity index (χ0n) is 14.1. The van der Waals surface area contributed by atoms with E-state index in [9.17, 15) is 4.79 Å². The molecule has 1 fully saturated rings. The second-order valence-corrected chi connectivity index (χ2v) is 7.65. The largest absolute Gasteiger partial charge is 0.493 e. The lowest BCUT2D eigenvalue weighted by molar-refractivity contribution is 0.0600. The molecule has 2 heterocycles. The van der Waals surface area contributed by atoms with Crippen LogP contribution in [0, 0.1) is 12.3 Å². The second-order valence-electron chi connectivity index (χ2n) is 6.42. The van der Waals surface area contributed by atoms with Crippen LogP contribution >= 0.6 is 11.3 Å². The smallest absolute Gasteiger partial charge is 0.338 e. The van der Waals surface area contributed by atoms with Gasteiger partial charge in [-0.3, -0.25) is 0 Å². The van der Waals surface area contributed by atoms with Gasteiger partial charge in [0.25, 0.3) is 0 Å². The normalized spacial score (nSPS) is 20.1. The highest BCUT2D eigenvalue weighted by atomic mass is 32.1. The van der Waals surface area contributed by atoms with Crippen molar-refractivity contribution in [3.63, 3.8) is 0 Å². The molecule has 0 radical (unpaired) electrons. The summed E-state index contributed by atoms with van der Waals surface area (Å²) in [7, 11) is 1.37. The molecule has 0 spiro atoms. The number of carbonyl (C=O) groups excluding carboxylic acids is 1. The highest BCUT2D eigenvalue weighted by molar-refractivity contribution is 7.14. The van der Waals surface area contributed by atoms with E-state index in [0.717, 1.165) is 28.5 Å². The molecule has 128 valence electrons. The first-order valence-corrected chi connectivity index (χ1v) is 8.67. The molecule has 0 bridgehead atoms. The van der Waals surface area contributed by atoms with Crippen LogP contribution in [0.2, 0.25) is 0 Å². The number of methoxy groups -OCH3 is 1. The predicted octanol–water partition coefficient (Wildman–Crippen LogP) is 3.71. The topological polar surface area (TPSA) is 57.7 Å². The first kappa shape index (κ1) is 16.9. The summed E-state index contributed by atoms with van der Waals surface area (Å²) in [5.74, 6) is 0.263. The molecule has 2 aromatic rings. The second kappa shape index (κ2) is 6.91. The Morgan fingerprint density at radius 2 is 2.25 bits per heavy atom. The Morgan fingerprint density at radius 1 is 1.42 bits per heavy atom. The van der Waals surface area contributed by atoms with Crippen molar-refractivity contribution in [2.45, 2.75) is 20.3 Å². The van der Waals surface area contributed by atoms with Gasteiger partial charge in [0, 0.05) is 28.7 Å². The number of ether oxygens (including phenoxy) is 3. The number of benzene rings is 1. The number of hydrogen-bond acceptors (Lipinski definition) is 6. The molecule has 0 amide bonds. The van der Waals surface area contributed by atoms with Gasteiger partial charge in [0.1, 0.15) is 10.8 Å². The molecule has 1 aromatic carbocycles. The standard InChI is InChI=1S/C18H21NO4S/c1-12-9-19-16(24-12)13-6-14(17(20)21-3)8-15(7-13)23-11-18(2)4-5-22-10-18/h6-9H,4-5,10-11H2,1-3H3. The van der Waals surface area contributed by atoms with Crippen LogP contribution in [0.5, 0.6) is 5.75 Å². The zero-order valence-corrected chi connectivity index (χ0v) is 14.9. The maximum absolute atomic E-state index is 12.0. The lowest BCUT2D eigenvalue weighted by Crippen LogP contribution is -2.25. The summed E-state index contributed by atoms with van der Waals surface area (Å²) in [4.78, 5) is 17.5. The Bertz CT molecular complexity index is 734. The van der Waals surface area contributed by atoms with Gasteiger partial charge in [0.15, 0.2) is 0 Å². The molecule has 3 rings (SSSR count). The number of aromatic nitrogens is 1. The molecular formula is C18H21NO4S. The van der Waals surface area contributed by atoms with E-state index in [0.29, 0.717) is 24.5 Å². The van der Waals surface area contributed by atoms with Gasteiger partial charge >= 0.3 is 5.97 Å². The summed E-state index contributed by atoms with van der Waals surface area (Å²) in [5, 5.41) is 0.860. The van der Waals surface area contributed by atoms with Crippen molar-refractivity contribution >= 4 is 17.3 Å². The molecular weight excluding hydrogens is 326 g/mol. The first-order valence-electron chi connectivity index (χ1n) is 7.86. The van der Waals surface area contributed by atoms with Crippen LogP contribution in [-0.4, -0.2) is 37.9 Å². The molecule has 1 aliphatic rings. The van der Waals surface area contributed by atoms with Crippen molar-refractivity contribution in [1.29, 1.82) is 0 Å². The number of hydrogen-bond donors (Lipinski definition) is 0. The van der Waals surface area contributed by atoms with Gasteiger partial charge in [-0.1, -0.05) is 6.92 Å². The molecule has 1 unspecified atom stereocenters. The van der Waals surface area contributed by atoms with Gasteiger partial charge in [-0.2, -0.15) is 0 Å². The maximum atomic E-state index is 12.0. The van der Waals surface area contributed by atoms with Crippen molar-refractivity contribution in [2.75, 3.05) is 26.9 Å². The average Bonchev–Trinajstić information content (AvgIpc) is 3.21. The summed E-state index contributed by atoms with van der Waals surface area (Å²) >= 11 is 1.58. The summed E-state index contributed by atoms with van der Waals surface area (Å²) in [6.45, 7) is 6.17. The van der Waals surface area contributed by atoms with Crippen molar-refractivity contribution in [3.8, 4) is 16.3 Å². The van der Waals surface area contributed by atoms with Gasteiger partial charge in [0.2, 0.25) is 0 Å². The van der Waals surface area contributed by atoms with E-state index >= 15 is 0 Å². The monoisotopic (exact) mass is 347 g/mol. The van der Waals surface area contributed by atoms with Crippen LogP contribution in [-0.2, 0) is 9.47 Å². The Balaban J connectivity index is 1.88. The van der Waals surface area contributed by atoms with Crippen LogP contribution in [0.4, 0.5) is 0 Å². The van der Waals surface area contributed by atoms with Crippen LogP contribution < -0.4 is 4.74 Å². The SMILES string of the molecule is COC(=O)c1cc(OCC2(C)CCOC2)cc(-c2ncc(C)s2)c1. The fraction of sp³-hybridized carbons (Fsp3) is 0.444. The van der Waals surface area contributed by atoms with Crippen molar-refractivity contribution in [3.05, 3.63) is 34.8 Å². The average molecular weight is 347 g/mol. The van der Waals surface area contributed by atoms with Crippen LogP contribution in [0.25, 0.3) is 10.6 Å². The van der Waals surface area contributed by atoms with Gasteiger partial charge < -0.3 is 14.2 Å². The summed E-state index contributed by atoms with van der Waals surface area (Å²) in [5.41, 5.74) is 1.34. The Labute approximate surface area is 145 Å². The zero-order chi connectivity index (χ0) is 17.2. The van der Waals surface area contributed by atoms with E-state index in [-0.39, 0.29) is 11.4 Å². The third-order valence-corrected chi connectivity index (χ3v) is 5.05. The first-order chi connectivity index (χ1) is 11.5. The summed E-state index contributed by atoms with van der Waals surface area (Å²) < 4.78 is 16.3. The van der Waals surface area contributed by atoms with E-state index < -0.39 is 0 Å². The number of esters is 1. The molecule has 0 N–H and O–H groups in total. The Hall–Kier alpha value is -1.92. The minimum Gasteiger partial charge on any atom is -0.493 e. The lowest BCUT2D eigenvalue weighted by Gasteiger charge is -2.22. The van der Waals surface area contributed by atoms with E-state index in [4.69, 9.17) is 14.2 Å². The highest BCUT2D eigenvalue weighted by Crippen LogP contribution is 2.32. The molecule has 1 saturated heterocycles. The third-order valence-electron chi connectivity index (χ3n) is 4.08. The minimum absolute atomic E-state index is 0.0131. The number of thiazole rings is 1. The highest BCUT2D eigenvalue weighted by Gasteiger charge is 2.30. The van der Waals surface area contributed by atoms with Crippen molar-refractivity contribution < 1.29 is 19.0 Å². The van der Waals surface area contributed by atoms with Crippen molar-refractivity contribution in [1.82, 2.24) is 4.98 Å². The lowest BCUT2D eigenvalue weighted by atomic mass is 9.91. The number of rotatable bonds is 5. The van der Waals surface area contributed by atoms with Crippen LogP contribution in [0.15, 0.2) is 24.4 Å². The molecule has 1 aromatic heterocycles. The third kappa shape index (κ3) is 3.76. The van der Waals surface area contributed by atoms with Gasteiger partial charge in [-0.15, -0.1) is 11.3 Å². The number of carbonyl (C=O) groups is 1. The fourth-order valence-electron chi connectivity index (χ4n) is 2.61. The van der Waals surface area contributed by atoms with E-state index in [1.54, 1.807) is 23.5 Å². The van der Waals surface area contributed by atoms with Crippen LogP contribution in [0.1, 0.15) is 28.6 Å². The van der Waals surface area contributed by atoms with E-state index in [1.807, 2.05) is 19.2 Å². The number of aryl methyl sites for hydroxylation is 1. The molecule has 24 heavy (non-hydrogen) atoms. The van der Waals surface area contributed by atoms with Gasteiger partial charge in [0.05, 0.1) is 25.9 Å². The molecule has 5 nitrogen and oxygen atoms in total. The quantitative estimate of drug-likeness (QED) is 0.772. The van der Waals surface area contributed by atoms with Gasteiger partial charge in [-0.05, 0) is 31.5 Å². The molecule has 0 aliphatic carbocycles. The fourth-order valence-corrected chi connectivity index (χ4v) is 3.36. The summed E-state index contributed by atoms with van der Waals surface area (Å²) in [6.07, 6.45) is 2.80. The van der Waals surface area contributed by atoms with Crippen molar-refractivity contribution in [2.24, 2.45) is 5.41 Å². The molecule has 1 aliphatic heterocycles. The minimum atomic E-state index is -0.384.